The zero-order valence-electron chi connectivity index (χ0n) is 16.4. The number of benzene rings is 3. The summed E-state index contributed by atoms with van der Waals surface area (Å²) < 4.78 is 40.0. The first-order valence-electron chi connectivity index (χ1n) is 9.48. The molecular weight excluding hydrogens is 423 g/mol. The molecule has 0 radical (unpaired) electrons. The molecule has 6 nitrogen and oxygen atoms in total. The van der Waals surface area contributed by atoms with Crippen LogP contribution in [0.15, 0.2) is 77.6 Å². The topological polar surface area (TPSA) is 84.2 Å². The van der Waals surface area contributed by atoms with Crippen LogP contribution in [0, 0.1) is 0 Å². The lowest BCUT2D eigenvalue weighted by atomic mass is 10.1. The maximum atomic E-state index is 13.3. The fraction of sp³-hybridized carbons (Fsp3) is 0.0870. The highest BCUT2D eigenvalue weighted by atomic mass is 19.4. The molecule has 1 amide bonds. The minimum atomic E-state index is -4.45. The quantitative estimate of drug-likeness (QED) is 0.368. The first-order chi connectivity index (χ1) is 15.3. The van der Waals surface area contributed by atoms with Crippen LogP contribution in [-0.4, -0.2) is 20.7 Å². The van der Waals surface area contributed by atoms with Crippen LogP contribution in [0.5, 0.6) is 0 Å². The molecule has 0 aliphatic rings. The first kappa shape index (κ1) is 21.3. The van der Waals surface area contributed by atoms with E-state index < -0.39 is 23.2 Å². The van der Waals surface area contributed by atoms with E-state index in [0.29, 0.717) is 17.0 Å². The van der Waals surface area contributed by atoms with E-state index in [1.807, 2.05) is 0 Å². The number of nitrogens with one attached hydrogen (secondary N) is 1. The zero-order chi connectivity index (χ0) is 22.9. The second-order valence-corrected chi connectivity index (χ2v) is 7.06. The number of hydroxylamine groups is 1. The van der Waals surface area contributed by atoms with Gasteiger partial charge in [0.25, 0.3) is 11.5 Å². The summed E-state index contributed by atoms with van der Waals surface area (Å²) in [5.41, 5.74) is 1.83. The van der Waals surface area contributed by atoms with Crippen molar-refractivity contribution in [2.24, 2.45) is 0 Å². The van der Waals surface area contributed by atoms with E-state index in [2.05, 4.69) is 4.98 Å². The number of carbonyl (C=O) groups is 1. The van der Waals surface area contributed by atoms with Gasteiger partial charge in [-0.1, -0.05) is 42.5 Å². The highest BCUT2D eigenvalue weighted by Gasteiger charge is 2.30. The summed E-state index contributed by atoms with van der Waals surface area (Å²) in [6, 6.07) is 17.6. The average Bonchev–Trinajstić information content (AvgIpc) is 2.80. The van der Waals surface area contributed by atoms with Gasteiger partial charge in [-0.15, -0.1) is 0 Å². The van der Waals surface area contributed by atoms with Crippen LogP contribution in [-0.2, 0) is 12.7 Å². The highest BCUT2D eigenvalue weighted by molar-refractivity contribution is 5.97. The van der Waals surface area contributed by atoms with Gasteiger partial charge in [-0.2, -0.15) is 13.2 Å². The first-order valence-corrected chi connectivity index (χ1v) is 9.48. The van der Waals surface area contributed by atoms with Gasteiger partial charge in [0.2, 0.25) is 0 Å². The summed E-state index contributed by atoms with van der Waals surface area (Å²) in [7, 11) is 0. The zero-order valence-corrected chi connectivity index (χ0v) is 16.4. The number of hydrogen-bond acceptors (Lipinski definition) is 4. The Balaban J connectivity index is 1.87. The smallest absolute Gasteiger partial charge is 0.288 e. The lowest BCUT2D eigenvalue weighted by molar-refractivity contribution is -0.137. The fourth-order valence-electron chi connectivity index (χ4n) is 3.36. The monoisotopic (exact) mass is 439 g/mol. The molecule has 0 bridgehead atoms. The predicted octanol–water partition coefficient (Wildman–Crippen LogP) is 4.25. The van der Waals surface area contributed by atoms with Gasteiger partial charge in [0.15, 0.2) is 0 Å². The maximum absolute atomic E-state index is 13.3. The Bertz CT molecular complexity index is 1350. The van der Waals surface area contributed by atoms with Gasteiger partial charge in [0.1, 0.15) is 5.82 Å². The summed E-state index contributed by atoms with van der Waals surface area (Å²) in [6.07, 6.45) is -4.45. The van der Waals surface area contributed by atoms with Crippen LogP contribution < -0.4 is 11.0 Å². The molecule has 0 saturated carbocycles. The molecule has 2 N–H and O–H groups in total. The van der Waals surface area contributed by atoms with Gasteiger partial charge in [0, 0.05) is 11.1 Å². The molecule has 1 heterocycles. The number of alkyl halides is 3. The van der Waals surface area contributed by atoms with Crippen LogP contribution in [0.4, 0.5) is 13.2 Å². The van der Waals surface area contributed by atoms with E-state index in [-0.39, 0.29) is 23.0 Å². The summed E-state index contributed by atoms with van der Waals surface area (Å²) in [6.45, 7) is 0.00299. The molecule has 4 aromatic rings. The fourth-order valence-corrected chi connectivity index (χ4v) is 3.36. The van der Waals surface area contributed by atoms with E-state index in [4.69, 9.17) is 5.21 Å². The second kappa shape index (κ2) is 8.27. The summed E-state index contributed by atoms with van der Waals surface area (Å²) in [5.74, 6) is -0.451. The van der Waals surface area contributed by atoms with Crippen molar-refractivity contribution >= 4 is 16.8 Å². The molecule has 0 fully saturated rings. The van der Waals surface area contributed by atoms with Gasteiger partial charge in [0.05, 0.1) is 23.0 Å². The Morgan fingerprint density at radius 2 is 1.69 bits per heavy atom. The Hall–Kier alpha value is -3.98. The van der Waals surface area contributed by atoms with E-state index >= 15 is 0 Å². The molecule has 32 heavy (non-hydrogen) atoms. The lowest BCUT2D eigenvalue weighted by Gasteiger charge is -2.15. The molecule has 3 aromatic carbocycles. The van der Waals surface area contributed by atoms with Crippen molar-refractivity contribution in [1.29, 1.82) is 0 Å². The Morgan fingerprint density at radius 1 is 1.00 bits per heavy atom. The molecule has 4 rings (SSSR count). The SMILES string of the molecule is O=C(NO)c1ccc2c(=O)n(Cc3ccc(C(F)(F)F)cc3)c(-c3ccccc3)nc2c1. The van der Waals surface area contributed by atoms with Gasteiger partial charge in [-0.05, 0) is 35.9 Å². The third kappa shape index (κ3) is 4.10. The summed E-state index contributed by atoms with van der Waals surface area (Å²) in [5, 5.41) is 9.10. The largest absolute Gasteiger partial charge is 0.416 e. The maximum Gasteiger partial charge on any atom is 0.416 e. The van der Waals surface area contributed by atoms with E-state index in [1.54, 1.807) is 30.3 Å². The lowest BCUT2D eigenvalue weighted by Crippen LogP contribution is -2.25. The van der Waals surface area contributed by atoms with Crippen LogP contribution >= 0.6 is 0 Å². The van der Waals surface area contributed by atoms with Crippen LogP contribution in [0.3, 0.4) is 0 Å². The summed E-state index contributed by atoms with van der Waals surface area (Å²) in [4.78, 5) is 29.6. The third-order valence-corrected chi connectivity index (χ3v) is 4.97. The summed E-state index contributed by atoms with van der Waals surface area (Å²) >= 11 is 0. The number of aromatic nitrogens is 2. The molecule has 162 valence electrons. The Kier molecular flexibility index (Phi) is 5.50. The number of hydrogen-bond donors (Lipinski definition) is 2. The normalized spacial score (nSPS) is 11.5. The van der Waals surface area contributed by atoms with Crippen molar-refractivity contribution < 1.29 is 23.2 Å². The van der Waals surface area contributed by atoms with Crippen LogP contribution in [0.25, 0.3) is 22.3 Å². The Labute approximate surface area is 179 Å². The standard InChI is InChI=1S/C23H16F3N3O3/c24-23(25,26)17-9-6-14(7-10-17)13-29-20(15-4-2-1-3-5-15)27-19-12-16(21(30)28-32)8-11-18(19)22(29)31/h1-12,32H,13H2,(H,28,30). The number of nitrogens with zero attached hydrogens (tertiary/aromatic N) is 2. The third-order valence-electron chi connectivity index (χ3n) is 4.97. The van der Waals surface area contributed by atoms with Gasteiger partial charge in [-0.25, -0.2) is 10.5 Å². The van der Waals surface area contributed by atoms with Gasteiger partial charge in [-0.3, -0.25) is 19.4 Å². The molecule has 0 aliphatic carbocycles. The minimum absolute atomic E-state index is 0.00299. The van der Waals surface area contributed by atoms with Crippen molar-refractivity contribution in [3.8, 4) is 11.4 Å². The highest BCUT2D eigenvalue weighted by Crippen LogP contribution is 2.29. The molecule has 1 aromatic heterocycles. The van der Waals surface area contributed by atoms with Crippen molar-refractivity contribution in [3.05, 3.63) is 99.8 Å². The van der Waals surface area contributed by atoms with E-state index in [1.165, 1.54) is 40.4 Å². The van der Waals surface area contributed by atoms with Crippen molar-refractivity contribution in [1.82, 2.24) is 15.0 Å². The number of rotatable bonds is 4. The number of carbonyl (C=O) groups excluding carboxylic acids is 1. The molecule has 0 atom stereocenters. The van der Waals surface area contributed by atoms with Crippen LogP contribution in [0.1, 0.15) is 21.5 Å². The van der Waals surface area contributed by atoms with E-state index in [9.17, 15) is 22.8 Å². The average molecular weight is 439 g/mol. The number of halogens is 3. The molecule has 9 heteroatoms. The molecule has 0 unspecified atom stereocenters. The van der Waals surface area contributed by atoms with Crippen LogP contribution in [0.2, 0.25) is 0 Å². The van der Waals surface area contributed by atoms with Crippen molar-refractivity contribution in [3.63, 3.8) is 0 Å². The molecule has 0 saturated heterocycles. The molecular formula is C23H16F3N3O3. The number of amides is 1. The molecule has 0 aliphatic heterocycles. The number of fused-ring (bicyclic) bond motifs is 1. The van der Waals surface area contributed by atoms with Crippen molar-refractivity contribution in [2.45, 2.75) is 12.7 Å². The van der Waals surface area contributed by atoms with Gasteiger partial charge >= 0.3 is 6.18 Å². The van der Waals surface area contributed by atoms with Crippen molar-refractivity contribution in [2.75, 3.05) is 0 Å². The van der Waals surface area contributed by atoms with E-state index in [0.717, 1.165) is 12.1 Å². The molecule has 0 spiro atoms. The predicted molar refractivity (Wildman–Crippen MR) is 111 cm³/mol. The Morgan fingerprint density at radius 3 is 2.31 bits per heavy atom. The van der Waals surface area contributed by atoms with Gasteiger partial charge < -0.3 is 0 Å². The minimum Gasteiger partial charge on any atom is -0.288 e. The second-order valence-electron chi connectivity index (χ2n) is 7.06.